The first-order chi connectivity index (χ1) is 4.80. The van der Waals surface area contributed by atoms with Gasteiger partial charge in [-0.3, -0.25) is 10.2 Å². The van der Waals surface area contributed by atoms with Gasteiger partial charge in [0, 0.05) is 13.1 Å². The van der Waals surface area contributed by atoms with Crippen molar-refractivity contribution in [1.29, 1.82) is 0 Å². The standard InChI is InChI=1S/C7H8N2O/c1-6(10)7-4-2-3-5-8-9-7/h2-5,9H,1H3. The van der Waals surface area contributed by atoms with Crippen LogP contribution in [0.5, 0.6) is 0 Å². The summed E-state index contributed by atoms with van der Waals surface area (Å²) in [4.78, 5) is 10.7. The van der Waals surface area contributed by atoms with E-state index in [0.29, 0.717) is 5.70 Å². The molecule has 3 nitrogen and oxygen atoms in total. The van der Waals surface area contributed by atoms with Crippen LogP contribution in [0.4, 0.5) is 0 Å². The normalized spacial score (nSPS) is 15.5. The average Bonchev–Trinajstić information content (AvgIpc) is 2.12. The maximum absolute atomic E-state index is 10.7. The van der Waals surface area contributed by atoms with E-state index in [4.69, 9.17) is 0 Å². The Morgan fingerprint density at radius 1 is 1.60 bits per heavy atom. The zero-order chi connectivity index (χ0) is 7.40. The van der Waals surface area contributed by atoms with E-state index in [9.17, 15) is 4.79 Å². The summed E-state index contributed by atoms with van der Waals surface area (Å²) in [5, 5.41) is 3.72. The molecule has 1 aliphatic rings. The molecule has 1 heterocycles. The van der Waals surface area contributed by atoms with Crippen molar-refractivity contribution in [1.82, 2.24) is 5.43 Å². The van der Waals surface area contributed by atoms with E-state index in [1.807, 2.05) is 0 Å². The lowest BCUT2D eigenvalue weighted by Crippen LogP contribution is -2.11. The monoisotopic (exact) mass is 136 g/mol. The van der Waals surface area contributed by atoms with E-state index in [0.717, 1.165) is 0 Å². The van der Waals surface area contributed by atoms with Gasteiger partial charge < -0.3 is 0 Å². The third kappa shape index (κ3) is 1.55. The number of rotatable bonds is 1. The molecule has 0 saturated heterocycles. The second-order valence-corrected chi connectivity index (χ2v) is 1.91. The Balaban J connectivity index is 2.78. The Bertz CT molecular complexity index is 226. The molecular formula is C7H8N2O. The summed E-state index contributed by atoms with van der Waals surface area (Å²) in [6, 6.07) is 0. The fraction of sp³-hybridized carbons (Fsp3) is 0.143. The number of carbonyl (C=O) groups excluding carboxylic acids is 1. The molecule has 0 aromatic rings. The molecule has 0 aromatic carbocycles. The second kappa shape index (κ2) is 2.96. The predicted molar refractivity (Wildman–Crippen MR) is 39.5 cm³/mol. The molecule has 0 atom stereocenters. The minimum absolute atomic E-state index is 0.0105. The molecule has 0 fully saturated rings. The molecule has 1 aliphatic heterocycles. The quantitative estimate of drug-likeness (QED) is 0.573. The Labute approximate surface area is 59.1 Å². The zero-order valence-electron chi connectivity index (χ0n) is 5.66. The number of carbonyl (C=O) groups is 1. The molecule has 0 unspecified atom stereocenters. The van der Waals surface area contributed by atoms with E-state index in [1.54, 1.807) is 24.4 Å². The molecule has 52 valence electrons. The first-order valence-electron chi connectivity index (χ1n) is 2.97. The summed E-state index contributed by atoms with van der Waals surface area (Å²) < 4.78 is 0. The van der Waals surface area contributed by atoms with Crippen molar-refractivity contribution < 1.29 is 4.79 Å². The van der Waals surface area contributed by atoms with Gasteiger partial charge in [0.25, 0.3) is 0 Å². The minimum Gasteiger partial charge on any atom is -0.293 e. The topological polar surface area (TPSA) is 41.5 Å². The number of hydrogen-bond donors (Lipinski definition) is 1. The van der Waals surface area contributed by atoms with Gasteiger partial charge in [-0.15, -0.1) is 0 Å². The molecule has 0 saturated carbocycles. The van der Waals surface area contributed by atoms with Crippen molar-refractivity contribution in [3.8, 4) is 0 Å². The zero-order valence-corrected chi connectivity index (χ0v) is 5.66. The summed E-state index contributed by atoms with van der Waals surface area (Å²) in [6.45, 7) is 1.49. The van der Waals surface area contributed by atoms with Gasteiger partial charge in [0.1, 0.15) is 0 Å². The van der Waals surface area contributed by atoms with Crippen LogP contribution in [-0.4, -0.2) is 12.0 Å². The molecule has 0 amide bonds. The lowest BCUT2D eigenvalue weighted by atomic mass is 10.3. The van der Waals surface area contributed by atoms with E-state index in [-0.39, 0.29) is 5.78 Å². The van der Waals surface area contributed by atoms with Crippen LogP contribution in [-0.2, 0) is 4.79 Å². The van der Waals surface area contributed by atoms with Gasteiger partial charge >= 0.3 is 0 Å². The Kier molecular flexibility index (Phi) is 1.99. The van der Waals surface area contributed by atoms with E-state index in [1.165, 1.54) is 6.92 Å². The minimum atomic E-state index is -0.0105. The van der Waals surface area contributed by atoms with Gasteiger partial charge in [0.05, 0.1) is 5.70 Å². The number of hydrazone groups is 1. The van der Waals surface area contributed by atoms with Gasteiger partial charge in [0.2, 0.25) is 0 Å². The number of allylic oxidation sites excluding steroid dienone is 4. The summed E-state index contributed by atoms with van der Waals surface area (Å²) in [5.41, 5.74) is 3.12. The van der Waals surface area contributed by atoms with Gasteiger partial charge in [0.15, 0.2) is 5.78 Å². The number of Topliss-reactive ketones (excluding diaryl/α,β-unsaturated/α-hetero) is 1. The third-order valence-electron chi connectivity index (χ3n) is 1.10. The maximum atomic E-state index is 10.7. The molecule has 3 heteroatoms. The summed E-state index contributed by atoms with van der Waals surface area (Å²) in [5.74, 6) is -0.0105. The maximum Gasteiger partial charge on any atom is 0.177 e. The molecule has 0 radical (unpaired) electrons. The largest absolute Gasteiger partial charge is 0.293 e. The highest BCUT2D eigenvalue weighted by molar-refractivity contribution is 5.93. The number of hydrogen-bond acceptors (Lipinski definition) is 3. The Morgan fingerprint density at radius 2 is 2.40 bits per heavy atom. The molecule has 1 N–H and O–H groups in total. The van der Waals surface area contributed by atoms with Gasteiger partial charge in [-0.05, 0) is 12.2 Å². The van der Waals surface area contributed by atoms with Gasteiger partial charge in [-0.25, -0.2) is 0 Å². The van der Waals surface area contributed by atoms with Crippen molar-refractivity contribution in [2.24, 2.45) is 5.10 Å². The van der Waals surface area contributed by atoms with Crippen molar-refractivity contribution in [3.05, 3.63) is 23.9 Å². The predicted octanol–water partition coefficient (Wildman–Crippen LogP) is 0.605. The van der Waals surface area contributed by atoms with E-state index in [2.05, 4.69) is 10.5 Å². The highest BCUT2D eigenvalue weighted by atomic mass is 16.1. The van der Waals surface area contributed by atoms with Gasteiger partial charge in [-0.2, -0.15) is 5.10 Å². The van der Waals surface area contributed by atoms with Crippen LogP contribution in [0.3, 0.4) is 0 Å². The second-order valence-electron chi connectivity index (χ2n) is 1.91. The summed E-state index contributed by atoms with van der Waals surface area (Å²) in [7, 11) is 0. The highest BCUT2D eigenvalue weighted by Crippen LogP contribution is 1.93. The lowest BCUT2D eigenvalue weighted by Gasteiger charge is -1.97. The van der Waals surface area contributed by atoms with Crippen LogP contribution in [0, 0.1) is 0 Å². The number of nitrogens with zero attached hydrogens (tertiary/aromatic N) is 1. The van der Waals surface area contributed by atoms with Crippen LogP contribution < -0.4 is 5.43 Å². The first-order valence-corrected chi connectivity index (χ1v) is 2.97. The Morgan fingerprint density at radius 3 is 3.10 bits per heavy atom. The average molecular weight is 136 g/mol. The molecule has 0 aliphatic carbocycles. The van der Waals surface area contributed by atoms with Gasteiger partial charge in [-0.1, -0.05) is 6.08 Å². The summed E-state index contributed by atoms with van der Waals surface area (Å²) >= 11 is 0. The smallest absolute Gasteiger partial charge is 0.177 e. The third-order valence-corrected chi connectivity index (χ3v) is 1.10. The van der Waals surface area contributed by atoms with Crippen molar-refractivity contribution in [2.45, 2.75) is 6.92 Å². The fourth-order valence-corrected chi connectivity index (χ4v) is 0.585. The lowest BCUT2D eigenvalue weighted by molar-refractivity contribution is -0.113. The van der Waals surface area contributed by atoms with Crippen LogP contribution in [0.2, 0.25) is 0 Å². The molecule has 0 aromatic heterocycles. The molecule has 10 heavy (non-hydrogen) atoms. The van der Waals surface area contributed by atoms with Crippen molar-refractivity contribution in [3.63, 3.8) is 0 Å². The molecule has 0 bridgehead atoms. The van der Waals surface area contributed by atoms with Crippen molar-refractivity contribution >= 4 is 12.0 Å². The molecule has 0 spiro atoms. The van der Waals surface area contributed by atoms with Crippen molar-refractivity contribution in [2.75, 3.05) is 0 Å². The van der Waals surface area contributed by atoms with E-state index < -0.39 is 0 Å². The van der Waals surface area contributed by atoms with Crippen LogP contribution in [0.15, 0.2) is 29.0 Å². The van der Waals surface area contributed by atoms with Crippen LogP contribution in [0.1, 0.15) is 6.92 Å². The SMILES string of the molecule is CC(=O)C1=CC=CC=NN1. The van der Waals surface area contributed by atoms with Crippen LogP contribution in [0.25, 0.3) is 0 Å². The molecule has 1 rings (SSSR count). The number of ketones is 1. The number of nitrogens with one attached hydrogen (secondary N) is 1. The highest BCUT2D eigenvalue weighted by Gasteiger charge is 1.99. The molecular weight excluding hydrogens is 128 g/mol. The van der Waals surface area contributed by atoms with Crippen LogP contribution >= 0.6 is 0 Å². The first kappa shape index (κ1) is 6.74. The fourth-order valence-electron chi connectivity index (χ4n) is 0.585. The van der Waals surface area contributed by atoms with E-state index >= 15 is 0 Å². The Hall–Kier alpha value is -1.38. The summed E-state index contributed by atoms with van der Waals surface area (Å²) in [6.07, 6.45) is 6.80.